The summed E-state index contributed by atoms with van der Waals surface area (Å²) in [6.07, 6.45) is 0. The van der Waals surface area contributed by atoms with Gasteiger partial charge in [0.25, 0.3) is 0 Å². The molecule has 0 aliphatic heterocycles. The third-order valence-electron chi connectivity index (χ3n) is 0.814. The number of hydrogen-bond acceptors (Lipinski definition) is 2. The van der Waals surface area contributed by atoms with E-state index in [1.807, 2.05) is 22.6 Å². The molecule has 0 rings (SSSR count). The summed E-state index contributed by atoms with van der Waals surface area (Å²) in [7, 11) is 0. The average Bonchev–Trinajstić information content (AvgIpc) is 1.84. The second-order valence-corrected chi connectivity index (χ2v) is 2.64. The van der Waals surface area contributed by atoms with Gasteiger partial charge < -0.3 is 5.84 Å². The summed E-state index contributed by atoms with van der Waals surface area (Å²) in [5, 5.41) is 3.32. The van der Waals surface area contributed by atoms with E-state index in [9.17, 15) is 4.39 Å². The van der Waals surface area contributed by atoms with E-state index in [-0.39, 0.29) is 5.83 Å². The van der Waals surface area contributed by atoms with E-state index < -0.39 is 0 Å². The molecule has 0 saturated carbocycles. The van der Waals surface area contributed by atoms with Crippen LogP contribution in [0.2, 0.25) is 0 Å². The zero-order chi connectivity index (χ0) is 7.44. The largest absolute Gasteiger partial charge is 0.323 e. The van der Waals surface area contributed by atoms with E-state index in [1.54, 1.807) is 6.92 Å². The quantitative estimate of drug-likeness (QED) is 0.324. The van der Waals surface area contributed by atoms with Crippen LogP contribution in [-0.4, -0.2) is 5.71 Å². The molecule has 0 fully saturated rings. The van der Waals surface area contributed by atoms with Crippen molar-refractivity contribution >= 4 is 28.3 Å². The molecule has 0 amide bonds. The molecule has 2 N–H and O–H groups in total. The first kappa shape index (κ1) is 8.87. The minimum atomic E-state index is -0.248. The third kappa shape index (κ3) is 2.78. The third-order valence-corrected chi connectivity index (χ3v) is 2.34. The first-order valence-electron chi connectivity index (χ1n) is 2.36. The van der Waals surface area contributed by atoms with E-state index >= 15 is 0 Å². The summed E-state index contributed by atoms with van der Waals surface area (Å²) in [5.74, 6) is 4.65. The van der Waals surface area contributed by atoms with Crippen LogP contribution in [0.15, 0.2) is 14.5 Å². The Kier molecular flexibility index (Phi) is 3.76. The van der Waals surface area contributed by atoms with Gasteiger partial charge in [-0.2, -0.15) is 5.10 Å². The maximum absolute atomic E-state index is 12.3. The fourth-order valence-corrected chi connectivity index (χ4v) is 0.445. The number of hydrogen-bond donors (Lipinski definition) is 1. The molecule has 2 nitrogen and oxygen atoms in total. The van der Waals surface area contributed by atoms with E-state index in [2.05, 4.69) is 5.10 Å². The average molecular weight is 242 g/mol. The van der Waals surface area contributed by atoms with Crippen molar-refractivity contribution in [2.75, 3.05) is 0 Å². The Morgan fingerprint density at radius 3 is 2.11 bits per heavy atom. The number of rotatable bonds is 1. The van der Waals surface area contributed by atoms with Crippen molar-refractivity contribution < 1.29 is 4.39 Å². The van der Waals surface area contributed by atoms with Crippen molar-refractivity contribution in [3.05, 3.63) is 9.41 Å². The summed E-state index contributed by atoms with van der Waals surface area (Å²) in [5.41, 5.74) is 0.524. The fraction of sp³-hybridized carbons (Fsp3) is 0.400. The van der Waals surface area contributed by atoms with Gasteiger partial charge in [-0.25, -0.2) is 4.39 Å². The van der Waals surface area contributed by atoms with E-state index in [4.69, 9.17) is 5.84 Å². The molecule has 0 radical (unpaired) electrons. The zero-order valence-corrected chi connectivity index (χ0v) is 7.44. The normalized spacial score (nSPS) is 15.3. The number of hydrazone groups is 1. The molecule has 0 heterocycles. The summed E-state index contributed by atoms with van der Waals surface area (Å²) in [4.78, 5) is 0. The Hall–Kier alpha value is -0.130. The van der Waals surface area contributed by atoms with Crippen LogP contribution in [0, 0.1) is 0 Å². The van der Waals surface area contributed by atoms with Gasteiger partial charge in [-0.15, -0.1) is 0 Å². The Morgan fingerprint density at radius 2 is 2.00 bits per heavy atom. The number of allylic oxidation sites excluding steroid dienone is 2. The molecule has 0 aromatic carbocycles. The van der Waals surface area contributed by atoms with Crippen molar-refractivity contribution in [2.24, 2.45) is 10.9 Å². The topological polar surface area (TPSA) is 38.4 Å². The van der Waals surface area contributed by atoms with Gasteiger partial charge in [0, 0.05) is 0 Å². The van der Waals surface area contributed by atoms with Gasteiger partial charge in [-0.05, 0) is 36.4 Å². The molecule has 0 aromatic heterocycles. The van der Waals surface area contributed by atoms with Gasteiger partial charge in [0.15, 0.2) is 0 Å². The molecule has 0 spiro atoms. The van der Waals surface area contributed by atoms with Crippen LogP contribution < -0.4 is 5.84 Å². The molecule has 0 atom stereocenters. The van der Waals surface area contributed by atoms with Crippen LogP contribution in [0.4, 0.5) is 4.39 Å². The Morgan fingerprint density at radius 1 is 1.56 bits per heavy atom. The first-order valence-corrected chi connectivity index (χ1v) is 3.44. The fourth-order valence-electron chi connectivity index (χ4n) is 0.306. The smallest absolute Gasteiger partial charge is 0.112 e. The highest BCUT2D eigenvalue weighted by molar-refractivity contribution is 14.1. The van der Waals surface area contributed by atoms with Crippen molar-refractivity contribution in [3.8, 4) is 0 Å². The molecule has 0 aliphatic carbocycles. The highest BCUT2D eigenvalue weighted by Gasteiger charge is 1.99. The van der Waals surface area contributed by atoms with Gasteiger partial charge in [0.1, 0.15) is 5.83 Å². The molecule has 0 aromatic rings. The summed E-state index contributed by atoms with van der Waals surface area (Å²) >= 11 is 1.85. The van der Waals surface area contributed by atoms with E-state index in [1.165, 1.54) is 6.92 Å². The summed E-state index contributed by atoms with van der Waals surface area (Å²) < 4.78 is 12.7. The van der Waals surface area contributed by atoms with Gasteiger partial charge in [0.05, 0.1) is 9.29 Å². The Labute approximate surface area is 67.1 Å². The van der Waals surface area contributed by atoms with Gasteiger partial charge in [-0.1, -0.05) is 0 Å². The van der Waals surface area contributed by atoms with Crippen LogP contribution in [-0.2, 0) is 0 Å². The summed E-state index contributed by atoms with van der Waals surface area (Å²) in [6, 6.07) is 0. The first-order chi connectivity index (χ1) is 4.09. The highest BCUT2D eigenvalue weighted by atomic mass is 127. The second-order valence-electron chi connectivity index (χ2n) is 1.56. The molecule has 0 saturated heterocycles. The second kappa shape index (κ2) is 3.81. The Bertz CT molecular complexity index is 158. The zero-order valence-electron chi connectivity index (χ0n) is 5.28. The number of halogens is 2. The van der Waals surface area contributed by atoms with Gasteiger partial charge >= 0.3 is 0 Å². The molecule has 0 unspecified atom stereocenters. The summed E-state index contributed by atoms with van der Waals surface area (Å²) in [6.45, 7) is 3.03. The predicted octanol–water partition coefficient (Wildman–Crippen LogP) is 1.96. The minimum Gasteiger partial charge on any atom is -0.323 e. The predicted molar refractivity (Wildman–Crippen MR) is 45.1 cm³/mol. The maximum atomic E-state index is 12.3. The van der Waals surface area contributed by atoms with Gasteiger partial charge in [-0.3, -0.25) is 0 Å². The van der Waals surface area contributed by atoms with Crippen LogP contribution in [0.25, 0.3) is 0 Å². The molecule has 0 aliphatic rings. The van der Waals surface area contributed by atoms with E-state index in [0.717, 1.165) is 0 Å². The number of nitrogens with zero attached hydrogens (tertiary/aromatic N) is 1. The standard InChI is InChI=1S/C5H8FIN2/c1-3(6)5(7)4(2)9-8/h8H2,1-2H3/b5-3-,9-4-. The number of nitrogens with two attached hydrogens (primary N) is 1. The lowest BCUT2D eigenvalue weighted by Crippen LogP contribution is -1.96. The van der Waals surface area contributed by atoms with Crippen LogP contribution in [0.3, 0.4) is 0 Å². The monoisotopic (exact) mass is 242 g/mol. The van der Waals surface area contributed by atoms with Crippen molar-refractivity contribution in [1.29, 1.82) is 0 Å². The lowest BCUT2D eigenvalue weighted by molar-refractivity contribution is 0.641. The van der Waals surface area contributed by atoms with Crippen LogP contribution in [0.5, 0.6) is 0 Å². The highest BCUT2D eigenvalue weighted by Crippen LogP contribution is 2.14. The van der Waals surface area contributed by atoms with Crippen molar-refractivity contribution in [1.82, 2.24) is 0 Å². The molecule has 9 heavy (non-hydrogen) atoms. The minimum absolute atomic E-state index is 0.248. The maximum Gasteiger partial charge on any atom is 0.112 e. The van der Waals surface area contributed by atoms with Crippen molar-refractivity contribution in [3.63, 3.8) is 0 Å². The molecule has 4 heteroatoms. The molecule has 0 bridgehead atoms. The Balaban J connectivity index is 4.40. The van der Waals surface area contributed by atoms with E-state index in [0.29, 0.717) is 9.29 Å². The lowest BCUT2D eigenvalue weighted by atomic mass is 10.4. The molecular weight excluding hydrogens is 234 g/mol. The van der Waals surface area contributed by atoms with Crippen molar-refractivity contribution in [2.45, 2.75) is 13.8 Å². The lowest BCUT2D eigenvalue weighted by Gasteiger charge is -1.94. The van der Waals surface area contributed by atoms with Crippen LogP contribution in [0.1, 0.15) is 13.8 Å². The molecular formula is C5H8FIN2. The van der Waals surface area contributed by atoms with Crippen LogP contribution >= 0.6 is 22.6 Å². The van der Waals surface area contributed by atoms with Gasteiger partial charge in [0.2, 0.25) is 0 Å². The SMILES string of the molecule is CC(=N/N)/C(I)=C(\C)F. The molecule has 52 valence electrons.